The maximum atomic E-state index is 4.65. The molecule has 4 heteroatoms. The van der Waals surface area contributed by atoms with Crippen LogP contribution in [0.5, 0.6) is 0 Å². The van der Waals surface area contributed by atoms with Crippen LogP contribution in [0.4, 0.5) is 0 Å². The Hall–Kier alpha value is -0.350. The number of aromatic nitrogens is 1. The van der Waals surface area contributed by atoms with Gasteiger partial charge >= 0.3 is 0 Å². The largest absolute Gasteiger partial charge is 0.272 e. The molecule has 1 aliphatic rings. The fraction of sp³-hybridized carbons (Fsp3) is 0.556. The van der Waals surface area contributed by atoms with Crippen molar-refractivity contribution in [2.24, 2.45) is 10.9 Å². The predicted molar refractivity (Wildman–Crippen MR) is 59.7 cm³/mol. The number of thiazole rings is 1. The summed E-state index contributed by atoms with van der Waals surface area (Å²) >= 11 is 3.46. The van der Waals surface area contributed by atoms with E-state index in [4.69, 9.17) is 0 Å². The number of thioether (sulfide) groups is 1. The van der Waals surface area contributed by atoms with Gasteiger partial charge in [0.2, 0.25) is 0 Å². The van der Waals surface area contributed by atoms with Gasteiger partial charge in [-0.3, -0.25) is 4.99 Å². The molecule has 2 heterocycles. The van der Waals surface area contributed by atoms with Crippen LogP contribution in [0.25, 0.3) is 0 Å². The summed E-state index contributed by atoms with van der Waals surface area (Å²) in [5.74, 6) is 1.76. The van der Waals surface area contributed by atoms with E-state index in [1.54, 1.807) is 11.3 Å². The van der Waals surface area contributed by atoms with Crippen LogP contribution in [0.2, 0.25) is 0 Å². The highest BCUT2D eigenvalue weighted by molar-refractivity contribution is 8.14. The van der Waals surface area contributed by atoms with Crippen molar-refractivity contribution in [3.8, 4) is 0 Å². The van der Waals surface area contributed by atoms with Crippen LogP contribution in [-0.2, 0) is 0 Å². The summed E-state index contributed by atoms with van der Waals surface area (Å²) in [5, 5.41) is 3.19. The highest BCUT2D eigenvalue weighted by atomic mass is 32.2. The average molecular weight is 212 g/mol. The van der Waals surface area contributed by atoms with Gasteiger partial charge in [-0.25, -0.2) is 4.98 Å². The van der Waals surface area contributed by atoms with E-state index in [1.165, 1.54) is 0 Å². The van der Waals surface area contributed by atoms with E-state index in [2.05, 4.69) is 29.2 Å². The molecular formula is C9H12N2S2. The lowest BCUT2D eigenvalue weighted by Gasteiger charge is -2.07. The first-order chi connectivity index (χ1) is 6.27. The average Bonchev–Trinajstić information content (AvgIpc) is 2.75. The highest BCUT2D eigenvalue weighted by Crippen LogP contribution is 2.26. The number of hydrogen-bond donors (Lipinski definition) is 0. The quantitative estimate of drug-likeness (QED) is 0.753. The summed E-state index contributed by atoms with van der Waals surface area (Å²) in [6, 6.07) is 0.488. The third kappa shape index (κ3) is 1.94. The minimum Gasteiger partial charge on any atom is -0.272 e. The number of hydrogen-bond acceptors (Lipinski definition) is 4. The lowest BCUT2D eigenvalue weighted by atomic mass is 10.1. The van der Waals surface area contributed by atoms with Crippen LogP contribution in [0.1, 0.15) is 19.5 Å². The SMILES string of the molecule is CC(C)C1CSC(c2cscn2)=N1. The Labute approximate surface area is 86.5 Å². The molecule has 0 N–H and O–H groups in total. The summed E-state index contributed by atoms with van der Waals surface area (Å²) < 4.78 is 0. The molecule has 1 aromatic rings. The van der Waals surface area contributed by atoms with Gasteiger partial charge in [0, 0.05) is 11.1 Å². The first-order valence-corrected chi connectivity index (χ1v) is 6.29. The van der Waals surface area contributed by atoms with Crippen molar-refractivity contribution < 1.29 is 0 Å². The van der Waals surface area contributed by atoms with E-state index < -0.39 is 0 Å². The van der Waals surface area contributed by atoms with Crippen molar-refractivity contribution in [2.75, 3.05) is 5.75 Å². The van der Waals surface area contributed by atoms with Crippen molar-refractivity contribution in [3.05, 3.63) is 16.6 Å². The molecule has 1 atom stereocenters. The standard InChI is InChI=1S/C9H12N2S2/c1-6(2)7-4-13-9(11-7)8-3-12-5-10-8/h3,5-7H,4H2,1-2H3. The highest BCUT2D eigenvalue weighted by Gasteiger charge is 2.22. The van der Waals surface area contributed by atoms with Gasteiger partial charge in [0.25, 0.3) is 0 Å². The van der Waals surface area contributed by atoms with Crippen molar-refractivity contribution in [3.63, 3.8) is 0 Å². The molecule has 1 aliphatic heterocycles. The van der Waals surface area contributed by atoms with Crippen LogP contribution in [0.3, 0.4) is 0 Å². The van der Waals surface area contributed by atoms with Gasteiger partial charge in [-0.15, -0.1) is 23.1 Å². The first-order valence-electron chi connectivity index (χ1n) is 4.36. The normalized spacial score (nSPS) is 22.4. The second-order valence-electron chi connectivity index (χ2n) is 3.43. The van der Waals surface area contributed by atoms with Gasteiger partial charge in [0.05, 0.1) is 11.6 Å². The Morgan fingerprint density at radius 2 is 2.38 bits per heavy atom. The van der Waals surface area contributed by atoms with Gasteiger partial charge in [-0.2, -0.15) is 0 Å². The fourth-order valence-electron chi connectivity index (χ4n) is 1.19. The minimum absolute atomic E-state index is 0.488. The molecule has 0 bridgehead atoms. The van der Waals surface area contributed by atoms with E-state index in [0.717, 1.165) is 16.5 Å². The van der Waals surface area contributed by atoms with Gasteiger partial charge in [0.15, 0.2) is 0 Å². The van der Waals surface area contributed by atoms with Crippen LogP contribution in [-0.4, -0.2) is 21.8 Å². The third-order valence-electron chi connectivity index (χ3n) is 2.09. The van der Waals surface area contributed by atoms with Crippen LogP contribution >= 0.6 is 23.1 Å². The predicted octanol–water partition coefficient (Wildman–Crippen LogP) is 2.66. The van der Waals surface area contributed by atoms with Gasteiger partial charge < -0.3 is 0 Å². The molecule has 70 valence electrons. The van der Waals surface area contributed by atoms with E-state index in [9.17, 15) is 0 Å². The number of rotatable bonds is 2. The topological polar surface area (TPSA) is 25.2 Å². The molecule has 0 fully saturated rings. The van der Waals surface area contributed by atoms with Crippen LogP contribution < -0.4 is 0 Å². The van der Waals surface area contributed by atoms with E-state index in [1.807, 2.05) is 17.3 Å². The smallest absolute Gasteiger partial charge is 0.117 e. The lowest BCUT2D eigenvalue weighted by Crippen LogP contribution is -2.11. The Morgan fingerprint density at radius 3 is 2.92 bits per heavy atom. The molecule has 1 unspecified atom stereocenters. The summed E-state index contributed by atoms with van der Waals surface area (Å²) in [6.07, 6.45) is 0. The number of aliphatic imine (C=N–C) groups is 1. The Bertz CT molecular complexity index is 303. The molecule has 0 saturated carbocycles. The zero-order valence-corrected chi connectivity index (χ0v) is 9.36. The van der Waals surface area contributed by atoms with Crippen molar-refractivity contribution >= 4 is 28.1 Å². The monoisotopic (exact) mass is 212 g/mol. The molecule has 0 aromatic carbocycles. The van der Waals surface area contributed by atoms with Crippen molar-refractivity contribution in [1.82, 2.24) is 4.98 Å². The fourth-order valence-corrected chi connectivity index (χ4v) is 3.06. The second kappa shape index (κ2) is 3.80. The Kier molecular flexibility index (Phi) is 2.69. The maximum absolute atomic E-state index is 4.65. The van der Waals surface area contributed by atoms with Crippen LogP contribution in [0.15, 0.2) is 15.9 Å². The summed E-state index contributed by atoms with van der Waals surface area (Å²) in [6.45, 7) is 4.44. The van der Waals surface area contributed by atoms with E-state index >= 15 is 0 Å². The molecule has 0 aliphatic carbocycles. The van der Waals surface area contributed by atoms with Crippen LogP contribution in [0, 0.1) is 5.92 Å². The first kappa shape index (κ1) is 9.21. The second-order valence-corrected chi connectivity index (χ2v) is 5.16. The molecule has 13 heavy (non-hydrogen) atoms. The van der Waals surface area contributed by atoms with E-state index in [0.29, 0.717) is 12.0 Å². The minimum atomic E-state index is 0.488. The Morgan fingerprint density at radius 1 is 1.54 bits per heavy atom. The van der Waals surface area contributed by atoms with Gasteiger partial charge in [-0.05, 0) is 5.92 Å². The summed E-state index contributed by atoms with van der Waals surface area (Å²) in [5.41, 5.74) is 2.92. The molecule has 0 saturated heterocycles. The molecular weight excluding hydrogens is 200 g/mol. The lowest BCUT2D eigenvalue weighted by molar-refractivity contribution is 0.543. The molecule has 2 nitrogen and oxygen atoms in total. The van der Waals surface area contributed by atoms with Crippen molar-refractivity contribution in [2.45, 2.75) is 19.9 Å². The summed E-state index contributed by atoms with van der Waals surface area (Å²) in [4.78, 5) is 8.91. The molecule has 0 radical (unpaired) electrons. The summed E-state index contributed by atoms with van der Waals surface area (Å²) in [7, 11) is 0. The zero-order valence-electron chi connectivity index (χ0n) is 7.73. The molecule has 0 amide bonds. The Balaban J connectivity index is 2.15. The third-order valence-corrected chi connectivity index (χ3v) is 3.78. The number of nitrogens with zero attached hydrogens (tertiary/aromatic N) is 2. The maximum Gasteiger partial charge on any atom is 0.117 e. The van der Waals surface area contributed by atoms with Gasteiger partial charge in [0.1, 0.15) is 10.7 Å². The molecule has 0 spiro atoms. The van der Waals surface area contributed by atoms with E-state index in [-0.39, 0.29) is 0 Å². The zero-order chi connectivity index (χ0) is 9.26. The molecule has 2 rings (SSSR count). The van der Waals surface area contributed by atoms with Crippen molar-refractivity contribution in [1.29, 1.82) is 0 Å². The van der Waals surface area contributed by atoms with Gasteiger partial charge in [-0.1, -0.05) is 13.8 Å². The molecule has 1 aromatic heterocycles.